The minimum Gasteiger partial charge on any atom is -0.481 e. The van der Waals surface area contributed by atoms with Crippen molar-refractivity contribution >= 4 is 37.5 Å². The number of benzene rings is 2. The van der Waals surface area contributed by atoms with E-state index in [-0.39, 0.29) is 17.2 Å². The minimum absolute atomic E-state index is 0.0573. The number of halogens is 3. The molecule has 0 aliphatic rings. The van der Waals surface area contributed by atoms with E-state index in [0.717, 1.165) is 24.1 Å². The maximum Gasteiger partial charge on any atom is 0.431 e. The summed E-state index contributed by atoms with van der Waals surface area (Å²) in [6.07, 6.45) is -5.68. The molecule has 4 rings (SSSR count). The molecule has 0 radical (unpaired) electrons. The first-order valence-corrected chi connectivity index (χ1v) is 14.7. The molecular formula is C26H25F3N4O6S2. The van der Waals surface area contributed by atoms with E-state index in [0.29, 0.717) is 43.0 Å². The van der Waals surface area contributed by atoms with Gasteiger partial charge in [0.15, 0.2) is 6.10 Å². The van der Waals surface area contributed by atoms with E-state index in [2.05, 4.69) is 4.37 Å². The fourth-order valence-corrected chi connectivity index (χ4v) is 6.02. The van der Waals surface area contributed by atoms with Crippen molar-refractivity contribution in [3.8, 4) is 22.7 Å². The van der Waals surface area contributed by atoms with E-state index in [1.807, 2.05) is 4.72 Å². The zero-order valence-electron chi connectivity index (χ0n) is 22.3. The molecule has 1 unspecified atom stereocenters. The summed E-state index contributed by atoms with van der Waals surface area (Å²) in [5.74, 6) is -0.775. The molecular weight excluding hydrogens is 585 g/mol. The number of rotatable bonds is 8. The van der Waals surface area contributed by atoms with Crippen LogP contribution >= 0.6 is 11.5 Å². The zero-order valence-corrected chi connectivity index (χ0v) is 23.9. The van der Waals surface area contributed by atoms with Crippen LogP contribution in [0.1, 0.15) is 31.5 Å². The molecule has 15 heteroatoms. The Morgan fingerprint density at radius 1 is 1.15 bits per heavy atom. The maximum atomic E-state index is 13.3. The maximum absolute atomic E-state index is 13.3. The SMILES string of the molecule is CCCS(=O)(=O)NC(=O)C(C)Oc1ccc(C)c(-c2nsc3ccc(-n4c(=O)cc(C(F)(F)F)n(C)c4=O)cc23)c1. The van der Waals surface area contributed by atoms with Crippen molar-refractivity contribution in [1.29, 1.82) is 0 Å². The van der Waals surface area contributed by atoms with Gasteiger partial charge in [0.1, 0.15) is 11.4 Å². The summed E-state index contributed by atoms with van der Waals surface area (Å²) in [7, 11) is -2.84. The summed E-state index contributed by atoms with van der Waals surface area (Å²) in [6.45, 7) is 4.88. The van der Waals surface area contributed by atoms with Gasteiger partial charge >= 0.3 is 11.9 Å². The number of hydrogen-bond acceptors (Lipinski definition) is 8. The predicted octanol–water partition coefficient (Wildman–Crippen LogP) is 3.76. The van der Waals surface area contributed by atoms with Crippen LogP contribution in [0.25, 0.3) is 27.0 Å². The highest BCUT2D eigenvalue weighted by Crippen LogP contribution is 2.36. The molecule has 4 aromatic rings. The number of nitrogens with zero attached hydrogens (tertiary/aromatic N) is 3. The van der Waals surface area contributed by atoms with Crippen molar-refractivity contribution in [1.82, 2.24) is 18.2 Å². The summed E-state index contributed by atoms with van der Waals surface area (Å²) < 4.78 is 77.6. The number of hydrogen-bond donors (Lipinski definition) is 1. The van der Waals surface area contributed by atoms with Crippen molar-refractivity contribution in [3.63, 3.8) is 0 Å². The van der Waals surface area contributed by atoms with Gasteiger partial charge in [-0.2, -0.15) is 17.5 Å². The molecule has 10 nitrogen and oxygen atoms in total. The number of alkyl halides is 3. The van der Waals surface area contributed by atoms with Gasteiger partial charge in [-0.1, -0.05) is 13.0 Å². The smallest absolute Gasteiger partial charge is 0.431 e. The molecule has 0 aliphatic heterocycles. The topological polar surface area (TPSA) is 129 Å². The Kier molecular flexibility index (Phi) is 8.14. The first-order valence-electron chi connectivity index (χ1n) is 12.2. The highest BCUT2D eigenvalue weighted by Gasteiger charge is 2.35. The van der Waals surface area contributed by atoms with Gasteiger partial charge in [-0.25, -0.2) is 22.5 Å². The van der Waals surface area contributed by atoms with Crippen LogP contribution in [0.3, 0.4) is 0 Å². The van der Waals surface area contributed by atoms with Gasteiger partial charge < -0.3 is 4.74 Å². The lowest BCUT2D eigenvalue weighted by Crippen LogP contribution is -2.40. The summed E-state index contributed by atoms with van der Waals surface area (Å²) in [4.78, 5) is 37.8. The molecule has 0 saturated heterocycles. The Morgan fingerprint density at radius 2 is 1.85 bits per heavy atom. The van der Waals surface area contributed by atoms with Crippen molar-refractivity contribution in [2.24, 2.45) is 7.05 Å². The third-order valence-corrected chi connectivity index (χ3v) is 8.48. The first-order chi connectivity index (χ1) is 19.1. The van der Waals surface area contributed by atoms with E-state index in [1.54, 1.807) is 38.1 Å². The largest absolute Gasteiger partial charge is 0.481 e. The molecule has 0 bridgehead atoms. The third-order valence-electron chi connectivity index (χ3n) is 6.20. The van der Waals surface area contributed by atoms with Crippen molar-refractivity contribution < 1.29 is 31.1 Å². The van der Waals surface area contributed by atoms with Crippen molar-refractivity contribution in [3.05, 3.63) is 74.6 Å². The van der Waals surface area contributed by atoms with Crippen LogP contribution in [0.4, 0.5) is 13.2 Å². The summed E-state index contributed by atoms with van der Waals surface area (Å²) in [6, 6.07) is 9.85. The van der Waals surface area contributed by atoms with Crippen molar-refractivity contribution in [2.75, 3.05) is 5.75 Å². The number of aryl methyl sites for hydroxylation is 1. The number of sulfonamides is 1. The molecule has 218 valence electrons. The van der Waals surface area contributed by atoms with Gasteiger partial charge in [0, 0.05) is 24.1 Å². The molecule has 1 atom stereocenters. The van der Waals surface area contributed by atoms with Gasteiger partial charge in [0.25, 0.3) is 11.5 Å². The van der Waals surface area contributed by atoms with Crippen LogP contribution in [-0.4, -0.2) is 39.7 Å². The van der Waals surface area contributed by atoms with E-state index in [9.17, 15) is 36.0 Å². The number of fused-ring (bicyclic) bond motifs is 1. The molecule has 0 fully saturated rings. The van der Waals surface area contributed by atoms with E-state index in [4.69, 9.17) is 4.74 Å². The Labute approximate surface area is 236 Å². The minimum atomic E-state index is -4.88. The number of amides is 1. The summed E-state index contributed by atoms with van der Waals surface area (Å²) in [5.41, 5.74) is -1.79. The van der Waals surface area contributed by atoms with Crippen LogP contribution in [0.5, 0.6) is 5.75 Å². The monoisotopic (exact) mass is 610 g/mol. The number of aromatic nitrogens is 3. The predicted molar refractivity (Wildman–Crippen MR) is 148 cm³/mol. The molecule has 2 heterocycles. The first kappa shape index (κ1) is 30.0. The van der Waals surface area contributed by atoms with Crippen LogP contribution in [0.15, 0.2) is 52.1 Å². The number of nitrogens with one attached hydrogen (secondary N) is 1. The molecule has 0 saturated carbocycles. The molecule has 2 aromatic carbocycles. The number of carbonyl (C=O) groups excluding carboxylic acids is 1. The van der Waals surface area contributed by atoms with Crippen LogP contribution in [-0.2, 0) is 28.0 Å². The van der Waals surface area contributed by atoms with E-state index < -0.39 is 45.2 Å². The summed E-state index contributed by atoms with van der Waals surface area (Å²) in [5, 5.41) is 0.526. The molecule has 2 aromatic heterocycles. The van der Waals surface area contributed by atoms with Gasteiger partial charge in [-0.3, -0.25) is 14.2 Å². The van der Waals surface area contributed by atoms with Gasteiger partial charge in [0.2, 0.25) is 10.0 Å². The fourth-order valence-electron chi connectivity index (χ4n) is 4.14. The second kappa shape index (κ2) is 11.1. The highest BCUT2D eigenvalue weighted by atomic mass is 32.2. The van der Waals surface area contributed by atoms with Gasteiger partial charge in [-0.05, 0) is 67.7 Å². The quantitative estimate of drug-likeness (QED) is 0.322. The van der Waals surface area contributed by atoms with Crippen LogP contribution in [0.2, 0.25) is 0 Å². The fraction of sp³-hybridized carbons (Fsp3) is 0.308. The van der Waals surface area contributed by atoms with Gasteiger partial charge in [-0.15, -0.1) is 0 Å². The normalized spacial score (nSPS) is 12.9. The average Bonchev–Trinajstić information content (AvgIpc) is 3.29. The van der Waals surface area contributed by atoms with Crippen molar-refractivity contribution in [2.45, 2.75) is 39.5 Å². The lowest BCUT2D eigenvalue weighted by atomic mass is 10.0. The molecule has 0 aliphatic carbocycles. The van der Waals surface area contributed by atoms with E-state index in [1.165, 1.54) is 19.1 Å². The second-order valence-corrected chi connectivity index (χ2v) is 11.9. The van der Waals surface area contributed by atoms with E-state index >= 15 is 0 Å². The number of ether oxygens (including phenoxy) is 1. The Hall–Kier alpha value is -3.98. The molecule has 0 spiro atoms. The van der Waals surface area contributed by atoms with Crippen LogP contribution < -0.4 is 20.7 Å². The zero-order chi connectivity index (χ0) is 30.3. The lowest BCUT2D eigenvalue weighted by Gasteiger charge is -2.16. The van der Waals surface area contributed by atoms with Crippen LogP contribution in [0, 0.1) is 6.92 Å². The highest BCUT2D eigenvalue weighted by molar-refractivity contribution is 7.90. The Morgan fingerprint density at radius 3 is 2.51 bits per heavy atom. The summed E-state index contributed by atoms with van der Waals surface area (Å²) >= 11 is 1.13. The average molecular weight is 611 g/mol. The Balaban J connectivity index is 1.73. The standard InChI is InChI=1S/C26H25F3N4O6S2/c1-5-10-41(37,38)31-24(35)15(3)39-17-8-6-14(2)18(12-17)23-19-11-16(7-9-20(19)40-30-23)33-22(34)13-21(26(27,28)29)32(4)25(33)36/h6-9,11-13,15H,5,10H2,1-4H3,(H,31,35). The number of carbonyl (C=O) groups is 1. The second-order valence-electron chi connectivity index (χ2n) is 9.28. The molecule has 1 amide bonds. The molecule has 41 heavy (non-hydrogen) atoms. The Bertz CT molecular complexity index is 1880. The molecule has 1 N–H and O–H groups in total. The van der Waals surface area contributed by atoms with Gasteiger partial charge in [0.05, 0.1) is 21.8 Å². The lowest BCUT2D eigenvalue weighted by molar-refractivity contribution is -0.144. The third kappa shape index (κ3) is 6.20.